The van der Waals surface area contributed by atoms with E-state index in [2.05, 4.69) is 20.3 Å². The van der Waals surface area contributed by atoms with Crippen LogP contribution < -0.4 is 20.1 Å². The Labute approximate surface area is 244 Å². The number of nitrogens with zero attached hydrogens (tertiary/aromatic N) is 3. The van der Waals surface area contributed by atoms with Crippen molar-refractivity contribution in [2.24, 2.45) is 7.05 Å². The van der Waals surface area contributed by atoms with Crippen LogP contribution >= 0.6 is 0 Å². The Hall–Kier alpha value is -4.03. The standard InChI is InChI=1S/C30H35FN6O4S/c1-19(2)42(39,40)34-15-14-33-29(38)27-18-23(12-13-32-27)41-22-9-11-28-26(17-22)36-30(37(28)3)35-21-8-10-25(31)24(16-21)20-6-4-5-7-20/h8-13,16-20,34H,4-7,14-15H2,1-3H3,(H,33,38)(H,35,36). The third-order valence-electron chi connectivity index (χ3n) is 7.43. The number of rotatable bonds is 11. The van der Waals surface area contributed by atoms with Crippen molar-refractivity contribution in [2.45, 2.75) is 50.7 Å². The second-order valence-electron chi connectivity index (χ2n) is 10.7. The summed E-state index contributed by atoms with van der Waals surface area (Å²) < 4.78 is 48.6. The van der Waals surface area contributed by atoms with Gasteiger partial charge >= 0.3 is 0 Å². The van der Waals surface area contributed by atoms with Crippen LogP contribution in [0.5, 0.6) is 11.5 Å². The Morgan fingerprint density at radius 3 is 2.60 bits per heavy atom. The van der Waals surface area contributed by atoms with Crippen molar-refractivity contribution in [1.29, 1.82) is 0 Å². The summed E-state index contributed by atoms with van der Waals surface area (Å²) in [6.07, 6.45) is 5.77. The molecule has 1 fully saturated rings. The van der Waals surface area contributed by atoms with Crippen molar-refractivity contribution in [2.75, 3.05) is 18.4 Å². The third kappa shape index (κ3) is 6.71. The number of aromatic nitrogens is 3. The molecular weight excluding hydrogens is 559 g/mol. The van der Waals surface area contributed by atoms with E-state index in [1.165, 1.54) is 18.3 Å². The Kier molecular flexibility index (Phi) is 8.74. The normalized spacial score (nSPS) is 14.0. The lowest BCUT2D eigenvalue weighted by atomic mass is 9.96. The van der Waals surface area contributed by atoms with Gasteiger partial charge in [-0.15, -0.1) is 0 Å². The zero-order valence-electron chi connectivity index (χ0n) is 23.9. The first-order valence-electron chi connectivity index (χ1n) is 14.0. The van der Waals surface area contributed by atoms with E-state index in [1.54, 1.807) is 32.0 Å². The first kappa shape index (κ1) is 29.5. The molecule has 5 rings (SSSR count). The highest BCUT2D eigenvalue weighted by Gasteiger charge is 2.21. The molecule has 10 nitrogen and oxygen atoms in total. The average molecular weight is 595 g/mol. The first-order chi connectivity index (χ1) is 20.1. The van der Waals surface area contributed by atoms with Gasteiger partial charge in [0, 0.05) is 44.2 Å². The van der Waals surface area contributed by atoms with E-state index in [9.17, 15) is 17.6 Å². The minimum Gasteiger partial charge on any atom is -0.457 e. The van der Waals surface area contributed by atoms with Crippen molar-refractivity contribution in [3.05, 3.63) is 71.8 Å². The molecule has 2 aromatic carbocycles. The lowest BCUT2D eigenvalue weighted by Crippen LogP contribution is -2.37. The second kappa shape index (κ2) is 12.5. The molecule has 0 aliphatic heterocycles. The number of halogens is 1. The van der Waals surface area contributed by atoms with Gasteiger partial charge in [-0.05, 0) is 74.6 Å². The van der Waals surface area contributed by atoms with Gasteiger partial charge in [0.05, 0.1) is 16.3 Å². The maximum absolute atomic E-state index is 14.5. The van der Waals surface area contributed by atoms with Gasteiger partial charge in [0.25, 0.3) is 5.91 Å². The van der Waals surface area contributed by atoms with E-state index in [0.29, 0.717) is 23.0 Å². The molecule has 12 heteroatoms. The van der Waals surface area contributed by atoms with Crippen molar-refractivity contribution >= 4 is 38.6 Å². The zero-order chi connectivity index (χ0) is 29.9. The van der Waals surface area contributed by atoms with E-state index in [4.69, 9.17) is 9.72 Å². The second-order valence-corrected chi connectivity index (χ2v) is 13.0. The zero-order valence-corrected chi connectivity index (χ0v) is 24.7. The third-order valence-corrected chi connectivity index (χ3v) is 9.28. The van der Waals surface area contributed by atoms with Gasteiger partial charge in [0.1, 0.15) is 23.0 Å². The summed E-state index contributed by atoms with van der Waals surface area (Å²) in [5.74, 6) is 1.21. The number of benzene rings is 2. The molecular formula is C30H35FN6O4S. The topological polar surface area (TPSA) is 127 Å². The number of sulfonamides is 1. The van der Waals surface area contributed by atoms with Crippen LogP contribution in [0.25, 0.3) is 11.0 Å². The largest absolute Gasteiger partial charge is 0.457 e. The number of ether oxygens (including phenoxy) is 1. The van der Waals surface area contributed by atoms with Gasteiger partial charge in [-0.25, -0.2) is 22.5 Å². The Balaban J connectivity index is 1.25. The summed E-state index contributed by atoms with van der Waals surface area (Å²) >= 11 is 0. The van der Waals surface area contributed by atoms with Crippen LogP contribution in [0.1, 0.15) is 61.5 Å². The number of hydrogen-bond donors (Lipinski definition) is 3. The summed E-state index contributed by atoms with van der Waals surface area (Å²) in [7, 11) is -1.50. The molecule has 0 bridgehead atoms. The molecule has 4 aromatic rings. The van der Waals surface area contributed by atoms with E-state index < -0.39 is 21.2 Å². The van der Waals surface area contributed by atoms with Crippen LogP contribution in [0.4, 0.5) is 16.0 Å². The number of nitrogens with one attached hydrogen (secondary N) is 3. The lowest BCUT2D eigenvalue weighted by molar-refractivity contribution is 0.0949. The number of pyridine rings is 1. The van der Waals surface area contributed by atoms with E-state index in [1.807, 2.05) is 29.8 Å². The number of amides is 1. The average Bonchev–Trinajstić information content (AvgIpc) is 3.60. The highest BCUT2D eigenvalue weighted by atomic mass is 32.2. The number of fused-ring (bicyclic) bond motifs is 1. The predicted molar refractivity (Wildman–Crippen MR) is 160 cm³/mol. The summed E-state index contributed by atoms with van der Waals surface area (Å²) in [5, 5.41) is 5.43. The summed E-state index contributed by atoms with van der Waals surface area (Å²) in [6.45, 7) is 3.35. The first-order valence-corrected chi connectivity index (χ1v) is 15.6. The van der Waals surface area contributed by atoms with Crippen molar-refractivity contribution < 1.29 is 22.3 Å². The smallest absolute Gasteiger partial charge is 0.270 e. The van der Waals surface area contributed by atoms with E-state index in [-0.39, 0.29) is 30.5 Å². The molecule has 1 aliphatic carbocycles. The van der Waals surface area contributed by atoms with Gasteiger partial charge in [-0.3, -0.25) is 9.78 Å². The van der Waals surface area contributed by atoms with Crippen molar-refractivity contribution in [3.8, 4) is 11.5 Å². The summed E-state index contributed by atoms with van der Waals surface area (Å²) in [5.41, 5.74) is 3.26. The van der Waals surface area contributed by atoms with Crippen LogP contribution in [0.2, 0.25) is 0 Å². The maximum atomic E-state index is 14.5. The molecule has 0 radical (unpaired) electrons. The van der Waals surface area contributed by atoms with Crippen LogP contribution in [0, 0.1) is 5.82 Å². The SMILES string of the molecule is CC(C)S(=O)(=O)NCCNC(=O)c1cc(Oc2ccc3c(c2)nc(Nc2ccc(F)c(C4CCCC4)c2)n3C)ccn1. The molecule has 0 atom stereocenters. The molecule has 222 valence electrons. The summed E-state index contributed by atoms with van der Waals surface area (Å²) in [4.78, 5) is 21.4. The highest BCUT2D eigenvalue weighted by Crippen LogP contribution is 2.37. The minimum absolute atomic E-state index is 0.0756. The molecule has 0 unspecified atom stereocenters. The lowest BCUT2D eigenvalue weighted by Gasteiger charge is -2.13. The van der Waals surface area contributed by atoms with E-state index in [0.717, 1.165) is 42.5 Å². The molecule has 0 saturated heterocycles. The van der Waals surface area contributed by atoms with Gasteiger partial charge in [0.15, 0.2) is 0 Å². The maximum Gasteiger partial charge on any atom is 0.270 e. The van der Waals surface area contributed by atoms with Crippen LogP contribution in [-0.4, -0.2) is 47.2 Å². The predicted octanol–water partition coefficient (Wildman–Crippen LogP) is 5.36. The molecule has 0 spiro atoms. The van der Waals surface area contributed by atoms with E-state index >= 15 is 0 Å². The molecule has 1 aliphatic rings. The number of carbonyl (C=O) groups excluding carboxylic acids is 1. The summed E-state index contributed by atoms with van der Waals surface area (Å²) in [6, 6.07) is 13.8. The molecule has 2 aromatic heterocycles. The van der Waals surface area contributed by atoms with Crippen LogP contribution in [0.15, 0.2) is 54.7 Å². The van der Waals surface area contributed by atoms with Gasteiger partial charge < -0.3 is 19.9 Å². The fraction of sp³-hybridized carbons (Fsp3) is 0.367. The number of anilines is 2. The highest BCUT2D eigenvalue weighted by molar-refractivity contribution is 7.90. The molecule has 1 amide bonds. The van der Waals surface area contributed by atoms with Crippen LogP contribution in [-0.2, 0) is 17.1 Å². The quantitative estimate of drug-likeness (QED) is 0.200. The minimum atomic E-state index is -3.40. The number of hydrogen-bond acceptors (Lipinski definition) is 7. The number of carbonyl (C=O) groups is 1. The number of aryl methyl sites for hydroxylation is 1. The Morgan fingerprint density at radius 1 is 1.07 bits per heavy atom. The van der Waals surface area contributed by atoms with Crippen molar-refractivity contribution in [1.82, 2.24) is 24.6 Å². The van der Waals surface area contributed by atoms with Gasteiger partial charge in [0.2, 0.25) is 16.0 Å². The van der Waals surface area contributed by atoms with Crippen LogP contribution in [0.3, 0.4) is 0 Å². The Morgan fingerprint density at radius 2 is 1.83 bits per heavy atom. The molecule has 3 N–H and O–H groups in total. The van der Waals surface area contributed by atoms with Gasteiger partial charge in [-0.2, -0.15) is 0 Å². The van der Waals surface area contributed by atoms with Crippen molar-refractivity contribution in [3.63, 3.8) is 0 Å². The molecule has 1 saturated carbocycles. The van der Waals surface area contributed by atoms with Gasteiger partial charge in [-0.1, -0.05) is 12.8 Å². The fourth-order valence-corrected chi connectivity index (χ4v) is 5.74. The monoisotopic (exact) mass is 594 g/mol. The Bertz CT molecular complexity index is 1700. The fourth-order valence-electron chi connectivity index (χ4n) is 5.02. The molecule has 42 heavy (non-hydrogen) atoms. The number of imidazole rings is 1. The molecule has 2 heterocycles.